The zero-order valence-corrected chi connectivity index (χ0v) is 13.8. The van der Waals surface area contributed by atoms with E-state index < -0.39 is 10.9 Å². The number of nitrogens with one attached hydrogen (secondary N) is 1. The summed E-state index contributed by atoms with van der Waals surface area (Å²) in [7, 11) is 0. The van der Waals surface area contributed by atoms with Gasteiger partial charge in [-0.05, 0) is 31.4 Å². The van der Waals surface area contributed by atoms with Crippen LogP contribution in [0.3, 0.4) is 0 Å². The first-order valence-corrected chi connectivity index (χ1v) is 7.58. The van der Waals surface area contributed by atoms with Gasteiger partial charge in [0, 0.05) is 12.0 Å². The van der Waals surface area contributed by atoms with E-state index in [1.54, 1.807) is 6.92 Å². The highest BCUT2D eigenvalue weighted by atomic mass is 16.6. The Bertz CT molecular complexity index is 598. The van der Waals surface area contributed by atoms with E-state index in [4.69, 9.17) is 4.74 Å². The third kappa shape index (κ3) is 4.77. The molecule has 1 aromatic carbocycles. The van der Waals surface area contributed by atoms with Crippen LogP contribution in [0.25, 0.3) is 0 Å². The molecular formula is C16H22N2O5. The highest BCUT2D eigenvalue weighted by Crippen LogP contribution is 2.27. The molecule has 1 aromatic rings. The predicted octanol–water partition coefficient (Wildman–Crippen LogP) is 3.39. The highest BCUT2D eigenvalue weighted by molar-refractivity contribution is 5.97. The van der Waals surface area contributed by atoms with Crippen molar-refractivity contribution in [2.75, 3.05) is 11.9 Å². The number of nitrogens with zero attached hydrogens (tertiary/aromatic N) is 1. The summed E-state index contributed by atoms with van der Waals surface area (Å²) in [5.41, 5.74) is -0.0972. The van der Waals surface area contributed by atoms with Crippen LogP contribution in [0, 0.1) is 22.0 Å². The van der Waals surface area contributed by atoms with Gasteiger partial charge in [0.15, 0.2) is 0 Å². The van der Waals surface area contributed by atoms with E-state index in [1.807, 2.05) is 20.8 Å². The Morgan fingerprint density at radius 2 is 1.96 bits per heavy atom. The molecule has 0 aromatic heterocycles. The van der Waals surface area contributed by atoms with E-state index in [2.05, 4.69) is 5.32 Å². The van der Waals surface area contributed by atoms with Crippen molar-refractivity contribution < 1.29 is 19.2 Å². The van der Waals surface area contributed by atoms with Gasteiger partial charge in [-0.15, -0.1) is 0 Å². The third-order valence-corrected chi connectivity index (χ3v) is 3.54. The van der Waals surface area contributed by atoms with Crippen molar-refractivity contribution in [3.05, 3.63) is 33.9 Å². The highest BCUT2D eigenvalue weighted by Gasteiger charge is 2.24. The van der Waals surface area contributed by atoms with Crippen LogP contribution < -0.4 is 5.32 Å². The van der Waals surface area contributed by atoms with E-state index in [-0.39, 0.29) is 41.3 Å². The fourth-order valence-electron chi connectivity index (χ4n) is 2.32. The smallest absolute Gasteiger partial charge is 0.338 e. The van der Waals surface area contributed by atoms with Gasteiger partial charge in [0.05, 0.1) is 17.1 Å². The molecule has 1 rings (SSSR count). The average molecular weight is 322 g/mol. The lowest BCUT2D eigenvalue weighted by molar-refractivity contribution is -0.383. The first-order chi connectivity index (χ1) is 10.8. The third-order valence-electron chi connectivity index (χ3n) is 3.54. The number of ether oxygens (including phenoxy) is 1. The standard InChI is InChI=1S/C16H22N2O5/c1-5-12(10(3)4)15(19)17-13-9-11(16(20)23-6-2)7-8-14(13)18(21)22/h7-10,12H,5-6H2,1-4H3,(H,17,19). The fraction of sp³-hybridized carbons (Fsp3) is 0.500. The Morgan fingerprint density at radius 1 is 1.30 bits per heavy atom. The minimum atomic E-state index is -0.596. The lowest BCUT2D eigenvalue weighted by atomic mass is 9.92. The number of nitro benzene ring substituents is 1. The summed E-state index contributed by atoms with van der Waals surface area (Å²) < 4.78 is 4.87. The molecule has 0 saturated carbocycles. The zero-order valence-electron chi connectivity index (χ0n) is 13.8. The molecule has 0 bridgehead atoms. The van der Waals surface area contributed by atoms with Crippen molar-refractivity contribution in [1.82, 2.24) is 0 Å². The second-order valence-electron chi connectivity index (χ2n) is 5.46. The molecule has 7 nitrogen and oxygen atoms in total. The first-order valence-electron chi connectivity index (χ1n) is 7.58. The first kappa shape index (κ1) is 18.6. The van der Waals surface area contributed by atoms with Crippen molar-refractivity contribution in [1.29, 1.82) is 0 Å². The van der Waals surface area contributed by atoms with Crippen molar-refractivity contribution in [3.8, 4) is 0 Å². The lowest BCUT2D eigenvalue weighted by Crippen LogP contribution is -2.26. The normalized spacial score (nSPS) is 11.9. The summed E-state index contributed by atoms with van der Waals surface area (Å²) in [5, 5.41) is 13.7. The molecule has 0 aliphatic rings. The average Bonchev–Trinajstić information content (AvgIpc) is 2.47. The second kappa shape index (κ2) is 8.26. The molecule has 0 aliphatic carbocycles. The maximum Gasteiger partial charge on any atom is 0.338 e. The molecule has 0 radical (unpaired) electrons. The van der Waals surface area contributed by atoms with Gasteiger partial charge in [0.1, 0.15) is 5.69 Å². The summed E-state index contributed by atoms with van der Waals surface area (Å²) in [6.07, 6.45) is 0.620. The summed E-state index contributed by atoms with van der Waals surface area (Å²) in [6.45, 7) is 7.57. The number of carbonyl (C=O) groups excluding carboxylic acids is 2. The molecule has 0 saturated heterocycles. The summed E-state index contributed by atoms with van der Waals surface area (Å²) in [5.74, 6) is -1.05. The van der Waals surface area contributed by atoms with Crippen LogP contribution in [0.5, 0.6) is 0 Å². The Hall–Kier alpha value is -2.44. The van der Waals surface area contributed by atoms with Gasteiger partial charge in [0.25, 0.3) is 5.69 Å². The summed E-state index contributed by atoms with van der Waals surface area (Å²) in [6, 6.07) is 3.78. The number of anilines is 1. The van der Waals surface area contributed by atoms with Crippen molar-refractivity contribution in [2.45, 2.75) is 34.1 Å². The molecule has 23 heavy (non-hydrogen) atoms. The molecule has 0 fully saturated rings. The molecule has 0 spiro atoms. The Morgan fingerprint density at radius 3 is 2.43 bits per heavy atom. The Balaban J connectivity index is 3.15. The maximum atomic E-state index is 12.3. The number of benzene rings is 1. The molecule has 1 amide bonds. The minimum Gasteiger partial charge on any atom is -0.462 e. The Labute approximate surface area is 135 Å². The van der Waals surface area contributed by atoms with Crippen LogP contribution in [0.1, 0.15) is 44.5 Å². The van der Waals surface area contributed by atoms with E-state index in [0.29, 0.717) is 6.42 Å². The zero-order chi connectivity index (χ0) is 17.6. The topological polar surface area (TPSA) is 98.5 Å². The van der Waals surface area contributed by atoms with Crippen molar-refractivity contribution in [3.63, 3.8) is 0 Å². The number of carbonyl (C=O) groups is 2. The van der Waals surface area contributed by atoms with Gasteiger partial charge in [-0.2, -0.15) is 0 Å². The SMILES string of the molecule is CCOC(=O)c1ccc([N+](=O)[O-])c(NC(=O)C(CC)C(C)C)c1. The largest absolute Gasteiger partial charge is 0.462 e. The number of rotatable bonds is 7. The van der Waals surface area contributed by atoms with Gasteiger partial charge in [-0.25, -0.2) is 4.79 Å². The van der Waals surface area contributed by atoms with Crippen LogP contribution in [0.2, 0.25) is 0 Å². The van der Waals surface area contributed by atoms with Gasteiger partial charge in [0.2, 0.25) is 5.91 Å². The van der Waals surface area contributed by atoms with Gasteiger partial charge >= 0.3 is 5.97 Å². The van der Waals surface area contributed by atoms with E-state index >= 15 is 0 Å². The number of esters is 1. The fourth-order valence-corrected chi connectivity index (χ4v) is 2.32. The van der Waals surface area contributed by atoms with Gasteiger partial charge in [-0.3, -0.25) is 14.9 Å². The number of hydrogen-bond acceptors (Lipinski definition) is 5. The predicted molar refractivity (Wildman–Crippen MR) is 86.3 cm³/mol. The summed E-state index contributed by atoms with van der Waals surface area (Å²) >= 11 is 0. The molecule has 7 heteroatoms. The maximum absolute atomic E-state index is 12.3. The monoisotopic (exact) mass is 322 g/mol. The van der Waals surface area contributed by atoms with Crippen LogP contribution in [-0.4, -0.2) is 23.4 Å². The van der Waals surface area contributed by atoms with Crippen LogP contribution in [0.4, 0.5) is 11.4 Å². The van der Waals surface area contributed by atoms with E-state index in [9.17, 15) is 19.7 Å². The van der Waals surface area contributed by atoms with Gasteiger partial charge in [-0.1, -0.05) is 20.8 Å². The molecule has 0 aliphatic heterocycles. The van der Waals surface area contributed by atoms with Crippen LogP contribution in [-0.2, 0) is 9.53 Å². The second-order valence-corrected chi connectivity index (χ2v) is 5.46. The molecule has 1 unspecified atom stereocenters. The summed E-state index contributed by atoms with van der Waals surface area (Å²) in [4.78, 5) is 34.6. The van der Waals surface area contributed by atoms with Crippen molar-refractivity contribution in [2.24, 2.45) is 11.8 Å². The van der Waals surface area contributed by atoms with E-state index in [0.717, 1.165) is 0 Å². The number of amides is 1. The van der Waals surface area contributed by atoms with Crippen molar-refractivity contribution >= 4 is 23.3 Å². The molecule has 126 valence electrons. The minimum absolute atomic E-state index is 0.00431. The van der Waals surface area contributed by atoms with Crippen LogP contribution in [0.15, 0.2) is 18.2 Å². The van der Waals surface area contributed by atoms with Gasteiger partial charge < -0.3 is 10.1 Å². The molecule has 0 heterocycles. The quantitative estimate of drug-likeness (QED) is 0.471. The molecular weight excluding hydrogens is 300 g/mol. The molecule has 1 N–H and O–H groups in total. The lowest BCUT2D eigenvalue weighted by Gasteiger charge is -2.18. The Kier molecular flexibility index (Phi) is 6.68. The van der Waals surface area contributed by atoms with E-state index in [1.165, 1.54) is 18.2 Å². The van der Waals surface area contributed by atoms with Crippen LogP contribution >= 0.6 is 0 Å². The molecule has 1 atom stereocenters. The number of hydrogen-bond donors (Lipinski definition) is 1. The number of nitro groups is 1.